The molecule has 0 spiro atoms. The molecule has 2 rings (SSSR count). The number of hydrogen-bond donors (Lipinski definition) is 2. The van der Waals surface area contributed by atoms with Gasteiger partial charge in [-0.3, -0.25) is 4.68 Å². The molecule has 0 bridgehead atoms. The van der Waals surface area contributed by atoms with Crippen molar-refractivity contribution in [2.45, 2.75) is 26.2 Å². The highest BCUT2D eigenvalue weighted by Gasteiger charge is 2.09. The molecule has 0 atom stereocenters. The molecule has 6 heteroatoms. The fraction of sp³-hybridized carbons (Fsp3) is 0.500. The summed E-state index contributed by atoms with van der Waals surface area (Å²) in [5.74, 6) is 1.83. The van der Waals surface area contributed by atoms with E-state index < -0.39 is 0 Å². The molecule has 0 aromatic carbocycles. The number of aryl methyl sites for hydroxylation is 1. The third-order valence-corrected chi connectivity index (χ3v) is 3.28. The van der Waals surface area contributed by atoms with Crippen LogP contribution in [-0.4, -0.2) is 33.3 Å². The van der Waals surface area contributed by atoms with E-state index in [4.69, 9.17) is 0 Å². The van der Waals surface area contributed by atoms with E-state index in [1.54, 1.807) is 6.33 Å². The average molecular weight is 274 g/mol. The van der Waals surface area contributed by atoms with Gasteiger partial charge < -0.3 is 10.6 Å². The molecule has 2 heterocycles. The molecule has 2 N–H and O–H groups in total. The van der Waals surface area contributed by atoms with Gasteiger partial charge in [-0.05, 0) is 12.5 Å². The summed E-state index contributed by atoms with van der Waals surface area (Å²) in [6.07, 6.45) is 6.36. The largest absolute Gasteiger partial charge is 0.373 e. The fourth-order valence-corrected chi connectivity index (χ4v) is 2.22. The Balaban J connectivity index is 2.03. The Morgan fingerprint density at radius 1 is 1.20 bits per heavy atom. The Morgan fingerprint density at radius 3 is 2.65 bits per heavy atom. The van der Waals surface area contributed by atoms with Crippen LogP contribution in [0.2, 0.25) is 0 Å². The lowest BCUT2D eigenvalue weighted by atomic mass is 10.1. The first-order valence-corrected chi connectivity index (χ1v) is 6.98. The molecule has 0 aliphatic heterocycles. The van der Waals surface area contributed by atoms with Gasteiger partial charge in [0.2, 0.25) is 0 Å². The highest BCUT2D eigenvalue weighted by Crippen LogP contribution is 2.21. The molecular weight excluding hydrogens is 252 g/mol. The van der Waals surface area contributed by atoms with Crippen LogP contribution in [0.1, 0.15) is 24.6 Å². The second-order valence-corrected chi connectivity index (χ2v) is 4.67. The van der Waals surface area contributed by atoms with Crippen molar-refractivity contribution in [3.05, 3.63) is 29.8 Å². The lowest BCUT2D eigenvalue weighted by molar-refractivity contribution is 0.710. The molecule has 0 aliphatic rings. The van der Waals surface area contributed by atoms with E-state index in [1.165, 1.54) is 5.69 Å². The van der Waals surface area contributed by atoms with Gasteiger partial charge in [0.15, 0.2) is 0 Å². The zero-order valence-electron chi connectivity index (χ0n) is 12.3. The lowest BCUT2D eigenvalue weighted by Crippen LogP contribution is -2.12. The van der Waals surface area contributed by atoms with E-state index in [0.29, 0.717) is 0 Å². The van der Waals surface area contributed by atoms with Crippen LogP contribution in [0.15, 0.2) is 18.6 Å². The summed E-state index contributed by atoms with van der Waals surface area (Å²) in [6, 6.07) is 2.04. The third kappa shape index (κ3) is 3.26. The predicted molar refractivity (Wildman–Crippen MR) is 81.0 cm³/mol. The quantitative estimate of drug-likeness (QED) is 0.806. The van der Waals surface area contributed by atoms with E-state index >= 15 is 0 Å². The van der Waals surface area contributed by atoms with E-state index in [1.807, 2.05) is 31.0 Å². The lowest BCUT2D eigenvalue weighted by Gasteiger charge is -2.13. The molecule has 2 aromatic rings. The molecule has 6 nitrogen and oxygen atoms in total. The Kier molecular flexibility index (Phi) is 4.92. The summed E-state index contributed by atoms with van der Waals surface area (Å²) in [4.78, 5) is 8.63. The summed E-state index contributed by atoms with van der Waals surface area (Å²) in [5, 5.41) is 10.7. The molecule has 2 aromatic heterocycles. The van der Waals surface area contributed by atoms with Crippen LogP contribution in [-0.2, 0) is 19.9 Å². The van der Waals surface area contributed by atoms with Gasteiger partial charge in [-0.15, -0.1) is 0 Å². The van der Waals surface area contributed by atoms with Crippen LogP contribution in [0.3, 0.4) is 0 Å². The van der Waals surface area contributed by atoms with Gasteiger partial charge in [-0.25, -0.2) is 9.97 Å². The minimum absolute atomic E-state index is 0.830. The van der Waals surface area contributed by atoms with Gasteiger partial charge >= 0.3 is 0 Å². The zero-order chi connectivity index (χ0) is 14.4. The van der Waals surface area contributed by atoms with Crippen LogP contribution in [0.25, 0.3) is 0 Å². The Bertz CT molecular complexity index is 548. The van der Waals surface area contributed by atoms with E-state index in [2.05, 4.69) is 32.6 Å². The molecule has 20 heavy (non-hydrogen) atoms. The Labute approximate surface area is 119 Å². The highest BCUT2D eigenvalue weighted by molar-refractivity contribution is 5.57. The van der Waals surface area contributed by atoms with Gasteiger partial charge in [0.25, 0.3) is 0 Å². The Morgan fingerprint density at radius 2 is 2.00 bits per heavy atom. The predicted octanol–water partition coefficient (Wildman–Crippen LogP) is 1.86. The summed E-state index contributed by atoms with van der Waals surface area (Å²) in [7, 11) is 3.85. The number of rotatable bonds is 7. The summed E-state index contributed by atoms with van der Waals surface area (Å²) in [6.45, 7) is 2.99. The molecule has 0 unspecified atom stereocenters. The second kappa shape index (κ2) is 6.88. The van der Waals surface area contributed by atoms with Gasteiger partial charge in [0.05, 0.1) is 0 Å². The number of anilines is 2. The maximum Gasteiger partial charge on any atom is 0.134 e. The average Bonchev–Trinajstić information content (AvgIpc) is 2.86. The first-order valence-electron chi connectivity index (χ1n) is 6.98. The van der Waals surface area contributed by atoms with Gasteiger partial charge in [-0.2, -0.15) is 5.10 Å². The number of hydrogen-bond acceptors (Lipinski definition) is 5. The zero-order valence-corrected chi connectivity index (χ0v) is 12.3. The van der Waals surface area contributed by atoms with Crippen molar-refractivity contribution in [1.82, 2.24) is 19.7 Å². The minimum atomic E-state index is 0.830. The number of aromatic nitrogens is 4. The first kappa shape index (κ1) is 14.3. The van der Waals surface area contributed by atoms with E-state index in [-0.39, 0.29) is 0 Å². The van der Waals surface area contributed by atoms with E-state index in [9.17, 15) is 0 Å². The molecule has 0 saturated carbocycles. The molecule has 0 saturated heterocycles. The van der Waals surface area contributed by atoms with Crippen molar-refractivity contribution in [3.63, 3.8) is 0 Å². The standard InChI is InChI=1S/C14H22N6/c1-4-5-12-13(15-2)17-10-18-14(12)16-8-6-11-7-9-19-20(11)3/h7,9-10H,4-6,8H2,1-3H3,(H2,15,16,17,18). The molecule has 0 aliphatic carbocycles. The number of nitrogens with zero attached hydrogens (tertiary/aromatic N) is 4. The topological polar surface area (TPSA) is 67.7 Å². The molecule has 0 amide bonds. The van der Waals surface area contributed by atoms with Gasteiger partial charge in [0, 0.05) is 44.5 Å². The van der Waals surface area contributed by atoms with Crippen LogP contribution < -0.4 is 10.6 Å². The monoisotopic (exact) mass is 274 g/mol. The van der Waals surface area contributed by atoms with Crippen molar-refractivity contribution in [2.24, 2.45) is 7.05 Å². The normalized spacial score (nSPS) is 10.6. The summed E-state index contributed by atoms with van der Waals surface area (Å²) >= 11 is 0. The van der Waals surface area contributed by atoms with Gasteiger partial charge in [-0.1, -0.05) is 13.3 Å². The second-order valence-electron chi connectivity index (χ2n) is 4.67. The van der Waals surface area contributed by atoms with Crippen LogP contribution >= 0.6 is 0 Å². The maximum atomic E-state index is 4.36. The Hall–Kier alpha value is -2.11. The summed E-state index contributed by atoms with van der Waals surface area (Å²) in [5.41, 5.74) is 2.36. The molecule has 0 fully saturated rings. The van der Waals surface area contributed by atoms with Crippen LogP contribution in [0.4, 0.5) is 11.6 Å². The third-order valence-electron chi connectivity index (χ3n) is 3.28. The van der Waals surface area contributed by atoms with Crippen molar-refractivity contribution in [2.75, 3.05) is 24.2 Å². The van der Waals surface area contributed by atoms with Crippen molar-refractivity contribution in [1.29, 1.82) is 0 Å². The van der Waals surface area contributed by atoms with Crippen molar-refractivity contribution < 1.29 is 0 Å². The molecule has 108 valence electrons. The molecular formula is C14H22N6. The SMILES string of the molecule is CCCc1c(NC)ncnc1NCCc1ccnn1C. The summed E-state index contributed by atoms with van der Waals surface area (Å²) < 4.78 is 1.90. The minimum Gasteiger partial charge on any atom is -0.373 e. The van der Waals surface area contributed by atoms with Crippen LogP contribution in [0.5, 0.6) is 0 Å². The molecule has 0 radical (unpaired) electrons. The van der Waals surface area contributed by atoms with Crippen molar-refractivity contribution in [3.8, 4) is 0 Å². The highest BCUT2D eigenvalue weighted by atomic mass is 15.3. The smallest absolute Gasteiger partial charge is 0.134 e. The fourth-order valence-electron chi connectivity index (χ4n) is 2.22. The van der Waals surface area contributed by atoms with Crippen LogP contribution in [0, 0.1) is 0 Å². The first-order chi connectivity index (χ1) is 9.76. The maximum absolute atomic E-state index is 4.36. The van der Waals surface area contributed by atoms with Gasteiger partial charge in [0.1, 0.15) is 18.0 Å². The number of nitrogens with one attached hydrogen (secondary N) is 2. The van der Waals surface area contributed by atoms with Crippen molar-refractivity contribution >= 4 is 11.6 Å². The van der Waals surface area contributed by atoms with E-state index in [0.717, 1.165) is 43.0 Å².